The van der Waals surface area contributed by atoms with Crippen molar-refractivity contribution in [2.75, 3.05) is 0 Å². The largest absolute Gasteiger partial charge is 0.477 e. The van der Waals surface area contributed by atoms with Crippen LogP contribution in [0.15, 0.2) is 30.6 Å². The first-order chi connectivity index (χ1) is 12.0. The minimum atomic E-state index is -1.01. The van der Waals surface area contributed by atoms with Gasteiger partial charge >= 0.3 is 5.97 Å². The third-order valence-corrected chi connectivity index (χ3v) is 4.89. The van der Waals surface area contributed by atoms with Crippen LogP contribution in [0.5, 0.6) is 0 Å². The van der Waals surface area contributed by atoms with E-state index in [4.69, 9.17) is 4.74 Å². The van der Waals surface area contributed by atoms with Crippen LogP contribution in [-0.2, 0) is 11.2 Å². The summed E-state index contributed by atoms with van der Waals surface area (Å²) in [6.45, 7) is 3.86. The second-order valence-electron chi connectivity index (χ2n) is 6.73. The molecule has 5 nitrogen and oxygen atoms in total. The lowest BCUT2D eigenvalue weighted by Crippen LogP contribution is -2.23. The van der Waals surface area contributed by atoms with Crippen LogP contribution in [0.25, 0.3) is 0 Å². The molecule has 2 aromatic rings. The summed E-state index contributed by atoms with van der Waals surface area (Å²) in [5.41, 5.74) is 4.03. The SMILES string of the molecule is Cc1ccc([C@@H]2CCC[C@H](CCc3ncnc(C(=O)O)c3C)O2)cc1. The Hall–Kier alpha value is -2.27. The van der Waals surface area contributed by atoms with Crippen molar-refractivity contribution >= 4 is 5.97 Å². The fourth-order valence-electron chi connectivity index (χ4n) is 3.39. The molecule has 0 aliphatic carbocycles. The van der Waals surface area contributed by atoms with E-state index in [0.717, 1.165) is 31.4 Å². The van der Waals surface area contributed by atoms with E-state index in [1.165, 1.54) is 17.5 Å². The third kappa shape index (κ3) is 4.23. The molecule has 1 fully saturated rings. The zero-order valence-electron chi connectivity index (χ0n) is 14.7. The smallest absolute Gasteiger partial charge is 0.354 e. The van der Waals surface area contributed by atoms with Gasteiger partial charge in [-0.3, -0.25) is 0 Å². The molecule has 0 unspecified atom stereocenters. The number of ether oxygens (including phenoxy) is 1. The minimum Gasteiger partial charge on any atom is -0.477 e. The van der Waals surface area contributed by atoms with Crippen LogP contribution < -0.4 is 0 Å². The van der Waals surface area contributed by atoms with Gasteiger partial charge in [-0.1, -0.05) is 29.8 Å². The Morgan fingerprint density at radius 3 is 2.68 bits per heavy atom. The molecule has 2 atom stereocenters. The Morgan fingerprint density at radius 1 is 1.20 bits per heavy atom. The van der Waals surface area contributed by atoms with Gasteiger partial charge in [0.1, 0.15) is 6.33 Å². The molecule has 3 rings (SSSR count). The number of nitrogens with zero attached hydrogens (tertiary/aromatic N) is 2. The molecule has 5 heteroatoms. The Balaban J connectivity index is 1.63. The van der Waals surface area contributed by atoms with Crippen LogP contribution in [-0.4, -0.2) is 27.1 Å². The maximum Gasteiger partial charge on any atom is 0.354 e. The van der Waals surface area contributed by atoms with E-state index in [9.17, 15) is 9.90 Å². The highest BCUT2D eigenvalue weighted by Crippen LogP contribution is 2.33. The van der Waals surface area contributed by atoms with Gasteiger partial charge in [0.25, 0.3) is 0 Å². The van der Waals surface area contributed by atoms with Crippen LogP contribution in [0, 0.1) is 13.8 Å². The van der Waals surface area contributed by atoms with Gasteiger partial charge in [-0.15, -0.1) is 0 Å². The van der Waals surface area contributed by atoms with Crippen molar-refractivity contribution in [3.05, 3.63) is 58.7 Å². The highest BCUT2D eigenvalue weighted by molar-refractivity contribution is 5.87. The molecule has 1 aromatic heterocycles. The highest BCUT2D eigenvalue weighted by atomic mass is 16.5. The molecule has 0 radical (unpaired) electrons. The average Bonchev–Trinajstić information content (AvgIpc) is 2.61. The summed E-state index contributed by atoms with van der Waals surface area (Å²) >= 11 is 0. The van der Waals surface area contributed by atoms with Crippen molar-refractivity contribution in [3.63, 3.8) is 0 Å². The van der Waals surface area contributed by atoms with Crippen molar-refractivity contribution in [1.29, 1.82) is 0 Å². The number of aromatic nitrogens is 2. The second-order valence-corrected chi connectivity index (χ2v) is 6.73. The zero-order valence-corrected chi connectivity index (χ0v) is 14.7. The summed E-state index contributed by atoms with van der Waals surface area (Å²) in [5, 5.41) is 9.17. The predicted molar refractivity (Wildman–Crippen MR) is 94.7 cm³/mol. The number of carboxylic acids is 1. The molecule has 1 aliphatic rings. The van der Waals surface area contributed by atoms with E-state index in [1.54, 1.807) is 6.92 Å². The van der Waals surface area contributed by atoms with Crippen molar-refractivity contribution in [1.82, 2.24) is 9.97 Å². The number of hydrogen-bond acceptors (Lipinski definition) is 4. The summed E-state index contributed by atoms with van der Waals surface area (Å²) in [6, 6.07) is 8.55. The van der Waals surface area contributed by atoms with E-state index in [1.807, 2.05) is 0 Å². The molecule has 1 saturated heterocycles. The first-order valence-corrected chi connectivity index (χ1v) is 8.80. The topological polar surface area (TPSA) is 72.3 Å². The third-order valence-electron chi connectivity index (χ3n) is 4.89. The van der Waals surface area contributed by atoms with E-state index in [0.29, 0.717) is 12.0 Å². The normalized spacial score (nSPS) is 20.4. The fraction of sp³-hybridized carbons (Fsp3) is 0.450. The Bertz CT molecular complexity index is 743. The summed E-state index contributed by atoms with van der Waals surface area (Å²) in [7, 11) is 0. The monoisotopic (exact) mass is 340 g/mol. The van der Waals surface area contributed by atoms with Crippen LogP contribution >= 0.6 is 0 Å². The van der Waals surface area contributed by atoms with Gasteiger partial charge < -0.3 is 9.84 Å². The Labute approximate surface area is 148 Å². The molecule has 0 bridgehead atoms. The van der Waals surface area contributed by atoms with Gasteiger partial charge in [0.2, 0.25) is 0 Å². The van der Waals surface area contributed by atoms with E-state index < -0.39 is 5.97 Å². The van der Waals surface area contributed by atoms with Gasteiger partial charge in [0.05, 0.1) is 12.2 Å². The van der Waals surface area contributed by atoms with E-state index >= 15 is 0 Å². The molecule has 1 aromatic carbocycles. The molecular weight excluding hydrogens is 316 g/mol. The molecule has 1 aliphatic heterocycles. The first-order valence-electron chi connectivity index (χ1n) is 8.80. The summed E-state index contributed by atoms with van der Waals surface area (Å²) < 4.78 is 6.29. The number of aryl methyl sites for hydroxylation is 2. The lowest BCUT2D eigenvalue weighted by Gasteiger charge is -2.30. The number of carbonyl (C=O) groups is 1. The average molecular weight is 340 g/mol. The number of carboxylic acid groups (broad SMARTS) is 1. The van der Waals surface area contributed by atoms with Crippen LogP contribution in [0.2, 0.25) is 0 Å². The standard InChI is InChI=1S/C20H24N2O3/c1-13-6-8-15(9-7-13)18-5-3-4-16(25-18)10-11-17-14(2)19(20(23)24)22-12-21-17/h6-9,12,16,18H,3-5,10-11H2,1-2H3,(H,23,24)/t16-,18+/m1/s1. The highest BCUT2D eigenvalue weighted by Gasteiger charge is 2.24. The van der Waals surface area contributed by atoms with Crippen LogP contribution in [0.1, 0.15) is 64.7 Å². The number of benzene rings is 1. The van der Waals surface area contributed by atoms with Gasteiger partial charge in [0, 0.05) is 11.3 Å². The number of hydrogen-bond donors (Lipinski definition) is 1. The van der Waals surface area contributed by atoms with Gasteiger partial charge in [0.15, 0.2) is 5.69 Å². The number of aromatic carboxylic acids is 1. The van der Waals surface area contributed by atoms with Gasteiger partial charge in [-0.25, -0.2) is 14.8 Å². The summed E-state index contributed by atoms with van der Waals surface area (Å²) in [5.74, 6) is -1.01. The second kappa shape index (κ2) is 7.74. The molecule has 25 heavy (non-hydrogen) atoms. The molecule has 1 N–H and O–H groups in total. The lowest BCUT2D eigenvalue weighted by atomic mass is 9.95. The maximum absolute atomic E-state index is 11.2. The van der Waals surface area contributed by atoms with Crippen molar-refractivity contribution in [3.8, 4) is 0 Å². The summed E-state index contributed by atoms with van der Waals surface area (Å²) in [4.78, 5) is 19.3. The minimum absolute atomic E-state index is 0.0899. The molecule has 0 saturated carbocycles. The van der Waals surface area contributed by atoms with Crippen molar-refractivity contribution in [2.45, 2.75) is 58.2 Å². The van der Waals surface area contributed by atoms with Crippen LogP contribution in [0.3, 0.4) is 0 Å². The summed E-state index contributed by atoms with van der Waals surface area (Å²) in [6.07, 6.45) is 6.46. The van der Waals surface area contributed by atoms with Crippen molar-refractivity contribution in [2.24, 2.45) is 0 Å². The Kier molecular flexibility index (Phi) is 5.43. The lowest BCUT2D eigenvalue weighted by molar-refractivity contribution is -0.0547. The maximum atomic E-state index is 11.2. The van der Waals surface area contributed by atoms with Crippen LogP contribution in [0.4, 0.5) is 0 Å². The quantitative estimate of drug-likeness (QED) is 0.889. The molecule has 2 heterocycles. The van der Waals surface area contributed by atoms with E-state index in [-0.39, 0.29) is 17.9 Å². The van der Waals surface area contributed by atoms with Gasteiger partial charge in [-0.2, -0.15) is 0 Å². The fourth-order valence-corrected chi connectivity index (χ4v) is 3.39. The molecular formula is C20H24N2O3. The predicted octanol–water partition coefficient (Wildman–Crippen LogP) is 4.03. The molecule has 0 spiro atoms. The van der Waals surface area contributed by atoms with Gasteiger partial charge in [-0.05, 0) is 51.5 Å². The number of rotatable bonds is 5. The Morgan fingerprint density at radius 2 is 1.96 bits per heavy atom. The first kappa shape index (κ1) is 17.5. The zero-order chi connectivity index (χ0) is 17.8. The van der Waals surface area contributed by atoms with Crippen molar-refractivity contribution < 1.29 is 14.6 Å². The molecule has 0 amide bonds. The van der Waals surface area contributed by atoms with E-state index in [2.05, 4.69) is 41.2 Å². The molecule has 132 valence electrons.